The minimum Gasteiger partial charge on any atom is -0.294 e. The Bertz CT molecular complexity index is 623. The molecule has 2 aromatic rings. The smallest absolute Gasteiger partial charge is 0.294 e. The standard InChI is InChI=1S/C14H9BrF3NO/c15-9-5-6-10(19-8-9)7-13(20)11-3-1-2-4-12(11)14(16,17)18/h1-6,8H,7H2. The van der Waals surface area contributed by atoms with E-state index in [0.717, 1.165) is 10.5 Å². The Hall–Kier alpha value is -1.69. The van der Waals surface area contributed by atoms with Gasteiger partial charge in [0, 0.05) is 21.9 Å². The molecule has 0 spiro atoms. The first kappa shape index (κ1) is 14.7. The van der Waals surface area contributed by atoms with Crippen molar-refractivity contribution in [3.8, 4) is 0 Å². The van der Waals surface area contributed by atoms with Gasteiger partial charge in [-0.05, 0) is 34.1 Å². The van der Waals surface area contributed by atoms with Crippen LogP contribution in [-0.2, 0) is 12.6 Å². The van der Waals surface area contributed by atoms with Crippen LogP contribution in [0.2, 0.25) is 0 Å². The van der Waals surface area contributed by atoms with E-state index in [1.54, 1.807) is 12.1 Å². The number of nitrogens with zero attached hydrogens (tertiary/aromatic N) is 1. The number of alkyl halides is 3. The molecule has 2 nitrogen and oxygen atoms in total. The van der Waals surface area contributed by atoms with Gasteiger partial charge in [0.1, 0.15) is 0 Å². The second-order valence-corrected chi connectivity index (χ2v) is 5.03. The van der Waals surface area contributed by atoms with Crippen molar-refractivity contribution >= 4 is 21.7 Å². The first-order valence-corrected chi connectivity index (χ1v) is 6.47. The van der Waals surface area contributed by atoms with Crippen molar-refractivity contribution in [2.24, 2.45) is 0 Å². The molecule has 1 heterocycles. The van der Waals surface area contributed by atoms with Gasteiger partial charge in [0.2, 0.25) is 0 Å². The number of benzene rings is 1. The summed E-state index contributed by atoms with van der Waals surface area (Å²) in [4.78, 5) is 16.0. The molecular weight excluding hydrogens is 335 g/mol. The zero-order chi connectivity index (χ0) is 14.8. The Kier molecular flexibility index (Phi) is 4.23. The number of Topliss-reactive ketones (excluding diaryl/α,β-unsaturated/α-hetero) is 1. The molecule has 0 amide bonds. The Balaban J connectivity index is 2.28. The zero-order valence-electron chi connectivity index (χ0n) is 10.1. The highest BCUT2D eigenvalue weighted by molar-refractivity contribution is 9.10. The van der Waals surface area contributed by atoms with Crippen LogP contribution >= 0.6 is 15.9 Å². The number of carbonyl (C=O) groups is 1. The van der Waals surface area contributed by atoms with Gasteiger partial charge < -0.3 is 0 Å². The molecule has 1 aromatic carbocycles. The van der Waals surface area contributed by atoms with E-state index < -0.39 is 17.5 Å². The summed E-state index contributed by atoms with van der Waals surface area (Å²) in [6.45, 7) is 0. The SMILES string of the molecule is O=C(Cc1ccc(Br)cn1)c1ccccc1C(F)(F)F. The topological polar surface area (TPSA) is 30.0 Å². The third kappa shape index (κ3) is 3.45. The van der Waals surface area contributed by atoms with Crippen LogP contribution in [0.1, 0.15) is 21.6 Å². The largest absolute Gasteiger partial charge is 0.417 e. The van der Waals surface area contributed by atoms with Gasteiger partial charge in [0.25, 0.3) is 0 Å². The summed E-state index contributed by atoms with van der Waals surface area (Å²) in [6.07, 6.45) is -3.21. The molecule has 0 saturated carbocycles. The average molecular weight is 344 g/mol. The number of aromatic nitrogens is 1. The minimum absolute atomic E-state index is 0.166. The summed E-state index contributed by atoms with van der Waals surface area (Å²) in [6, 6.07) is 8.05. The molecule has 0 bridgehead atoms. The number of rotatable bonds is 3. The van der Waals surface area contributed by atoms with Gasteiger partial charge in [-0.2, -0.15) is 13.2 Å². The molecule has 0 fully saturated rings. The second-order valence-electron chi connectivity index (χ2n) is 4.11. The summed E-state index contributed by atoms with van der Waals surface area (Å²) in [7, 11) is 0. The molecule has 1 aromatic heterocycles. The van der Waals surface area contributed by atoms with E-state index >= 15 is 0 Å². The van der Waals surface area contributed by atoms with Crippen LogP contribution < -0.4 is 0 Å². The van der Waals surface area contributed by atoms with E-state index in [1.807, 2.05) is 0 Å². The van der Waals surface area contributed by atoms with Crippen LogP contribution in [0.25, 0.3) is 0 Å². The fourth-order valence-corrected chi connectivity index (χ4v) is 1.98. The van der Waals surface area contributed by atoms with Gasteiger partial charge in [-0.15, -0.1) is 0 Å². The molecule has 0 atom stereocenters. The van der Waals surface area contributed by atoms with Crippen molar-refractivity contribution in [1.82, 2.24) is 4.98 Å². The lowest BCUT2D eigenvalue weighted by molar-refractivity contribution is -0.137. The van der Waals surface area contributed by atoms with Gasteiger partial charge in [0.15, 0.2) is 5.78 Å². The quantitative estimate of drug-likeness (QED) is 0.778. The fraction of sp³-hybridized carbons (Fsp3) is 0.143. The van der Waals surface area contributed by atoms with Crippen molar-refractivity contribution in [3.05, 3.63) is 63.9 Å². The van der Waals surface area contributed by atoms with E-state index in [-0.39, 0.29) is 12.0 Å². The molecule has 104 valence electrons. The number of hydrogen-bond acceptors (Lipinski definition) is 2. The van der Waals surface area contributed by atoms with Gasteiger partial charge >= 0.3 is 6.18 Å². The molecule has 0 radical (unpaired) electrons. The van der Waals surface area contributed by atoms with Crippen LogP contribution in [-0.4, -0.2) is 10.8 Å². The van der Waals surface area contributed by atoms with Gasteiger partial charge in [-0.25, -0.2) is 0 Å². The Morgan fingerprint density at radius 1 is 1.15 bits per heavy atom. The second kappa shape index (κ2) is 5.75. The Labute approximate surface area is 121 Å². The van der Waals surface area contributed by atoms with Crippen molar-refractivity contribution in [2.45, 2.75) is 12.6 Å². The van der Waals surface area contributed by atoms with Crippen LogP contribution in [0.4, 0.5) is 13.2 Å². The van der Waals surface area contributed by atoms with Crippen LogP contribution in [0.3, 0.4) is 0 Å². The molecule has 0 N–H and O–H groups in total. The molecule has 6 heteroatoms. The number of ketones is 1. The monoisotopic (exact) mass is 343 g/mol. The predicted octanol–water partition coefficient (Wildman–Crippen LogP) is 4.29. The van der Waals surface area contributed by atoms with E-state index in [1.165, 1.54) is 24.4 Å². The minimum atomic E-state index is -4.54. The summed E-state index contributed by atoms with van der Waals surface area (Å²) in [5.74, 6) is -0.604. The maximum Gasteiger partial charge on any atom is 0.417 e. The van der Waals surface area contributed by atoms with Crippen molar-refractivity contribution in [3.63, 3.8) is 0 Å². The molecule has 0 aliphatic heterocycles. The summed E-state index contributed by atoms with van der Waals surface area (Å²) in [5, 5.41) is 0. The molecule has 20 heavy (non-hydrogen) atoms. The van der Waals surface area contributed by atoms with Crippen molar-refractivity contribution in [2.75, 3.05) is 0 Å². The van der Waals surface area contributed by atoms with Gasteiger partial charge in [0.05, 0.1) is 12.0 Å². The average Bonchev–Trinajstić information content (AvgIpc) is 2.40. The Morgan fingerprint density at radius 2 is 1.85 bits per heavy atom. The lowest BCUT2D eigenvalue weighted by Gasteiger charge is -2.11. The van der Waals surface area contributed by atoms with Gasteiger partial charge in [-0.3, -0.25) is 9.78 Å². The number of halogens is 4. The van der Waals surface area contributed by atoms with Crippen molar-refractivity contribution < 1.29 is 18.0 Å². The summed E-state index contributed by atoms with van der Waals surface area (Å²) >= 11 is 3.20. The summed E-state index contributed by atoms with van der Waals surface area (Å²) in [5.41, 5.74) is -0.818. The maximum atomic E-state index is 12.8. The number of carbonyl (C=O) groups excluding carboxylic acids is 1. The van der Waals surface area contributed by atoms with Gasteiger partial charge in [-0.1, -0.05) is 18.2 Å². The van der Waals surface area contributed by atoms with E-state index in [9.17, 15) is 18.0 Å². The molecule has 0 aliphatic carbocycles. The molecule has 2 rings (SSSR count). The normalized spacial score (nSPS) is 11.4. The van der Waals surface area contributed by atoms with E-state index in [2.05, 4.69) is 20.9 Å². The highest BCUT2D eigenvalue weighted by atomic mass is 79.9. The van der Waals surface area contributed by atoms with Crippen molar-refractivity contribution in [1.29, 1.82) is 0 Å². The van der Waals surface area contributed by atoms with Crippen LogP contribution in [0.15, 0.2) is 47.1 Å². The number of pyridine rings is 1. The van der Waals surface area contributed by atoms with Crippen LogP contribution in [0.5, 0.6) is 0 Å². The maximum absolute atomic E-state index is 12.8. The molecule has 0 saturated heterocycles. The lowest BCUT2D eigenvalue weighted by Crippen LogP contribution is -2.14. The Morgan fingerprint density at radius 3 is 2.45 bits per heavy atom. The fourth-order valence-electron chi connectivity index (χ4n) is 1.74. The first-order chi connectivity index (χ1) is 9.38. The first-order valence-electron chi connectivity index (χ1n) is 5.68. The van der Waals surface area contributed by atoms with E-state index in [4.69, 9.17) is 0 Å². The zero-order valence-corrected chi connectivity index (χ0v) is 11.7. The lowest BCUT2D eigenvalue weighted by atomic mass is 10.00. The highest BCUT2D eigenvalue weighted by Crippen LogP contribution is 2.32. The third-order valence-electron chi connectivity index (χ3n) is 2.66. The predicted molar refractivity (Wildman–Crippen MR) is 71.4 cm³/mol. The third-order valence-corrected chi connectivity index (χ3v) is 3.13. The highest BCUT2D eigenvalue weighted by Gasteiger charge is 2.34. The van der Waals surface area contributed by atoms with Crippen LogP contribution in [0, 0.1) is 0 Å². The molecular formula is C14H9BrF3NO. The van der Waals surface area contributed by atoms with E-state index in [0.29, 0.717) is 5.69 Å². The number of hydrogen-bond donors (Lipinski definition) is 0. The molecule has 0 aliphatic rings. The molecule has 0 unspecified atom stereocenters. The summed E-state index contributed by atoms with van der Waals surface area (Å²) < 4.78 is 39.2.